The van der Waals surface area contributed by atoms with E-state index in [1.807, 2.05) is 10.6 Å². The molecule has 0 heterocycles. The van der Waals surface area contributed by atoms with Gasteiger partial charge in [0, 0.05) is 6.42 Å². The van der Waals surface area contributed by atoms with Gasteiger partial charge < -0.3 is 47.8 Å². The molecule has 16 nitrogen and oxygen atoms in total. The van der Waals surface area contributed by atoms with Gasteiger partial charge in [-0.05, 0) is 25.8 Å². The van der Waals surface area contributed by atoms with Gasteiger partial charge in [0.15, 0.2) is 0 Å². The molecule has 0 aromatic heterocycles. The van der Waals surface area contributed by atoms with E-state index in [1.54, 1.807) is 0 Å². The quantitative estimate of drug-likeness (QED) is 0.0830. The highest BCUT2D eigenvalue weighted by Gasteiger charge is 2.32. The van der Waals surface area contributed by atoms with Crippen molar-refractivity contribution in [3.63, 3.8) is 0 Å². The minimum absolute atomic E-state index is 0.223. The monoisotopic (exact) mass is 505 g/mol. The average molecular weight is 505 g/mol. The van der Waals surface area contributed by atoms with Crippen molar-refractivity contribution in [2.24, 2.45) is 11.5 Å². The zero-order chi connectivity index (χ0) is 27.1. The summed E-state index contributed by atoms with van der Waals surface area (Å²) in [6.45, 7) is 0.375. The number of carboxylic acids is 4. The zero-order valence-electron chi connectivity index (χ0n) is 18.8. The van der Waals surface area contributed by atoms with Crippen molar-refractivity contribution >= 4 is 41.6 Å². The first-order valence-electron chi connectivity index (χ1n) is 10.5. The summed E-state index contributed by atoms with van der Waals surface area (Å²) < 4.78 is 0. The number of carbonyl (C=O) groups is 7. The van der Waals surface area contributed by atoms with E-state index in [9.17, 15) is 33.6 Å². The standard InChI is InChI=1S/C19H31N5O11/c20-6-2-1-3-9(21)16(31)22-10(4-5-13(25)26)17(32)23-11(7-14(27)28)18(33)24-12(19(34)35)8-15(29)30/h9-12H,1-8,20-21H2,(H,22,31)(H,23,32)(H,24,33)(H,25,26)(H,27,28)(H,29,30)(H,34,35). The van der Waals surface area contributed by atoms with E-state index in [0.717, 1.165) is 0 Å². The number of carboxylic acid groups (broad SMARTS) is 4. The van der Waals surface area contributed by atoms with E-state index in [1.165, 1.54) is 0 Å². The molecule has 0 spiro atoms. The van der Waals surface area contributed by atoms with Gasteiger partial charge in [0.05, 0.1) is 18.9 Å². The molecule has 3 amide bonds. The SMILES string of the molecule is NCCCCC(N)C(=O)NC(CCC(=O)O)C(=O)NC(CC(=O)O)C(=O)NC(CC(=O)O)C(=O)O. The van der Waals surface area contributed by atoms with Gasteiger partial charge in [-0.2, -0.15) is 0 Å². The fraction of sp³-hybridized carbons (Fsp3) is 0.632. The van der Waals surface area contributed by atoms with Crippen molar-refractivity contribution in [1.29, 1.82) is 0 Å². The third kappa shape index (κ3) is 13.5. The lowest BCUT2D eigenvalue weighted by molar-refractivity contribution is -0.148. The lowest BCUT2D eigenvalue weighted by atomic mass is 10.1. The topological polar surface area (TPSA) is 289 Å². The van der Waals surface area contributed by atoms with Crippen molar-refractivity contribution < 1.29 is 54.0 Å². The van der Waals surface area contributed by atoms with E-state index in [-0.39, 0.29) is 6.42 Å². The van der Waals surface area contributed by atoms with Crippen LogP contribution in [0.4, 0.5) is 0 Å². The number of nitrogens with one attached hydrogen (secondary N) is 3. The molecule has 16 heteroatoms. The molecule has 0 saturated carbocycles. The Bertz CT molecular complexity index is 804. The normalized spacial score (nSPS) is 14.0. The second-order valence-electron chi connectivity index (χ2n) is 7.54. The molecule has 11 N–H and O–H groups in total. The van der Waals surface area contributed by atoms with Crippen LogP contribution in [0.1, 0.15) is 44.9 Å². The Balaban J connectivity index is 5.53. The fourth-order valence-corrected chi connectivity index (χ4v) is 2.76. The van der Waals surface area contributed by atoms with Crippen LogP contribution in [-0.2, 0) is 33.6 Å². The molecule has 0 aromatic rings. The number of amides is 3. The van der Waals surface area contributed by atoms with Gasteiger partial charge in [-0.15, -0.1) is 0 Å². The summed E-state index contributed by atoms with van der Waals surface area (Å²) >= 11 is 0. The van der Waals surface area contributed by atoms with Crippen molar-refractivity contribution in [2.45, 2.75) is 69.1 Å². The molecule has 0 aliphatic heterocycles. The van der Waals surface area contributed by atoms with Crippen molar-refractivity contribution in [3.05, 3.63) is 0 Å². The lowest BCUT2D eigenvalue weighted by Gasteiger charge is -2.24. The number of hydrogen-bond acceptors (Lipinski definition) is 9. The van der Waals surface area contributed by atoms with E-state index < -0.39 is 91.4 Å². The largest absolute Gasteiger partial charge is 0.481 e. The van der Waals surface area contributed by atoms with Crippen molar-refractivity contribution in [1.82, 2.24) is 16.0 Å². The number of hydrogen-bond donors (Lipinski definition) is 9. The van der Waals surface area contributed by atoms with Crippen molar-refractivity contribution in [3.8, 4) is 0 Å². The lowest BCUT2D eigenvalue weighted by Crippen LogP contribution is -2.57. The fourth-order valence-electron chi connectivity index (χ4n) is 2.76. The molecular weight excluding hydrogens is 474 g/mol. The Morgan fingerprint density at radius 3 is 1.60 bits per heavy atom. The summed E-state index contributed by atoms with van der Waals surface area (Å²) in [6, 6.07) is -6.34. The number of carbonyl (C=O) groups excluding carboxylic acids is 3. The Labute approximate surface area is 199 Å². The van der Waals surface area contributed by atoms with Crippen LogP contribution in [0.25, 0.3) is 0 Å². The maximum atomic E-state index is 12.7. The molecule has 4 unspecified atom stereocenters. The predicted molar refractivity (Wildman–Crippen MR) is 116 cm³/mol. The highest BCUT2D eigenvalue weighted by Crippen LogP contribution is 2.05. The highest BCUT2D eigenvalue weighted by molar-refractivity contribution is 5.96. The molecule has 0 rings (SSSR count). The van der Waals surface area contributed by atoms with Crippen LogP contribution in [0.5, 0.6) is 0 Å². The van der Waals surface area contributed by atoms with Gasteiger partial charge in [-0.25, -0.2) is 4.79 Å². The van der Waals surface area contributed by atoms with Gasteiger partial charge in [0.1, 0.15) is 18.1 Å². The molecule has 0 aliphatic rings. The Morgan fingerprint density at radius 1 is 0.629 bits per heavy atom. The summed E-state index contributed by atoms with van der Waals surface area (Å²) in [5, 5.41) is 41.9. The number of nitrogens with two attached hydrogens (primary N) is 2. The summed E-state index contributed by atoms with van der Waals surface area (Å²) in [5.41, 5.74) is 11.1. The Hall–Kier alpha value is -3.79. The van der Waals surface area contributed by atoms with Gasteiger partial charge >= 0.3 is 23.9 Å². The third-order valence-corrected chi connectivity index (χ3v) is 4.59. The minimum atomic E-state index is -1.91. The second-order valence-corrected chi connectivity index (χ2v) is 7.54. The van der Waals surface area contributed by atoms with Crippen LogP contribution in [0.3, 0.4) is 0 Å². The summed E-state index contributed by atoms with van der Waals surface area (Å²) in [4.78, 5) is 81.5. The van der Waals surface area contributed by atoms with Crippen LogP contribution in [-0.4, -0.2) is 92.7 Å². The first-order valence-corrected chi connectivity index (χ1v) is 10.5. The zero-order valence-corrected chi connectivity index (χ0v) is 18.8. The maximum absolute atomic E-state index is 12.7. The smallest absolute Gasteiger partial charge is 0.326 e. The first kappa shape index (κ1) is 31.2. The molecule has 4 atom stereocenters. The van der Waals surface area contributed by atoms with Crippen LogP contribution in [0.2, 0.25) is 0 Å². The predicted octanol–water partition coefficient (Wildman–Crippen LogP) is -3.20. The van der Waals surface area contributed by atoms with Gasteiger partial charge in [0.2, 0.25) is 17.7 Å². The molecule has 0 aliphatic carbocycles. The minimum Gasteiger partial charge on any atom is -0.481 e. The molecule has 0 fully saturated rings. The molecule has 198 valence electrons. The third-order valence-electron chi connectivity index (χ3n) is 4.59. The number of unbranched alkanes of at least 4 members (excludes halogenated alkanes) is 1. The summed E-state index contributed by atoms with van der Waals surface area (Å²) in [7, 11) is 0. The van der Waals surface area contributed by atoms with E-state index >= 15 is 0 Å². The van der Waals surface area contributed by atoms with Crippen molar-refractivity contribution in [2.75, 3.05) is 6.54 Å². The number of rotatable bonds is 18. The van der Waals surface area contributed by atoms with E-state index in [4.69, 9.17) is 31.9 Å². The van der Waals surface area contributed by atoms with E-state index in [0.29, 0.717) is 19.4 Å². The molecule has 0 radical (unpaired) electrons. The second kappa shape index (κ2) is 15.9. The van der Waals surface area contributed by atoms with Crippen LogP contribution >= 0.6 is 0 Å². The van der Waals surface area contributed by atoms with Crippen LogP contribution < -0.4 is 27.4 Å². The van der Waals surface area contributed by atoms with E-state index in [2.05, 4.69) is 5.32 Å². The molecule has 35 heavy (non-hydrogen) atoms. The molecule has 0 aromatic carbocycles. The summed E-state index contributed by atoms with van der Waals surface area (Å²) in [6.07, 6.45) is -1.71. The van der Waals surface area contributed by atoms with Gasteiger partial charge in [-0.3, -0.25) is 28.8 Å². The van der Waals surface area contributed by atoms with Crippen LogP contribution in [0.15, 0.2) is 0 Å². The maximum Gasteiger partial charge on any atom is 0.326 e. The highest BCUT2D eigenvalue weighted by atomic mass is 16.4. The average Bonchev–Trinajstić information content (AvgIpc) is 2.74. The first-order chi connectivity index (χ1) is 16.3. The molecule has 0 saturated heterocycles. The van der Waals surface area contributed by atoms with Gasteiger partial charge in [-0.1, -0.05) is 6.42 Å². The summed E-state index contributed by atoms with van der Waals surface area (Å²) in [5.74, 6) is -9.37. The molecule has 0 bridgehead atoms. The Kier molecular flexibility index (Phi) is 14.2. The van der Waals surface area contributed by atoms with Gasteiger partial charge in [0.25, 0.3) is 0 Å². The number of aliphatic carboxylic acids is 4. The Morgan fingerprint density at radius 2 is 1.11 bits per heavy atom. The molecular formula is C19H31N5O11. The van der Waals surface area contributed by atoms with Crippen LogP contribution in [0, 0.1) is 0 Å².